The molecule has 3 N–H and O–H groups in total. The predicted octanol–water partition coefficient (Wildman–Crippen LogP) is 1.49. The van der Waals surface area contributed by atoms with Crippen LogP contribution in [0.2, 0.25) is 0 Å². The fourth-order valence-corrected chi connectivity index (χ4v) is 3.62. The summed E-state index contributed by atoms with van der Waals surface area (Å²) in [6, 6.07) is 10.2. The summed E-state index contributed by atoms with van der Waals surface area (Å²) in [5.41, 5.74) is -0.627. The van der Waals surface area contributed by atoms with Crippen molar-refractivity contribution in [3.05, 3.63) is 54.0 Å². The van der Waals surface area contributed by atoms with Gasteiger partial charge in [0.15, 0.2) is 5.96 Å². The second-order valence-corrected chi connectivity index (χ2v) is 8.82. The van der Waals surface area contributed by atoms with Crippen molar-refractivity contribution < 1.29 is 17.9 Å². The molecule has 1 aromatic heterocycles. The number of hydrogen-bond acceptors (Lipinski definition) is 5. The first-order chi connectivity index (χ1) is 13.2. The molecule has 2 aromatic rings. The van der Waals surface area contributed by atoms with Gasteiger partial charge in [-0.3, -0.25) is 0 Å². The molecule has 1 atom stereocenters. The van der Waals surface area contributed by atoms with Crippen LogP contribution >= 0.6 is 0 Å². The van der Waals surface area contributed by atoms with Crippen LogP contribution < -0.4 is 10.6 Å². The normalized spacial score (nSPS) is 14.7. The number of sulfonamides is 1. The lowest BCUT2D eigenvalue weighted by molar-refractivity contribution is 0.0386. The number of aliphatic hydroxyl groups is 1. The molecule has 1 aromatic carbocycles. The Kier molecular flexibility index (Phi) is 7.22. The minimum absolute atomic E-state index is 0.168. The van der Waals surface area contributed by atoms with E-state index in [1.54, 1.807) is 43.3 Å². The maximum absolute atomic E-state index is 12.5. The van der Waals surface area contributed by atoms with Crippen LogP contribution in [0.1, 0.15) is 25.2 Å². The highest BCUT2D eigenvalue weighted by Crippen LogP contribution is 2.20. The first-order valence-corrected chi connectivity index (χ1v) is 10.4. The number of guanidine groups is 1. The van der Waals surface area contributed by atoms with Gasteiger partial charge in [-0.05, 0) is 37.6 Å². The van der Waals surface area contributed by atoms with E-state index in [0.717, 1.165) is 0 Å². The average molecular weight is 409 g/mol. The lowest BCUT2D eigenvalue weighted by atomic mass is 10.0. The Labute approximate surface area is 166 Å². The lowest BCUT2D eigenvalue weighted by Gasteiger charge is -2.22. The summed E-state index contributed by atoms with van der Waals surface area (Å²) in [6.45, 7) is 4.52. The van der Waals surface area contributed by atoms with Crippen LogP contribution in [0.3, 0.4) is 0 Å². The quantitative estimate of drug-likeness (QED) is 0.451. The summed E-state index contributed by atoms with van der Waals surface area (Å²) >= 11 is 0. The first kappa shape index (κ1) is 21.9. The van der Waals surface area contributed by atoms with Crippen molar-refractivity contribution in [2.45, 2.75) is 30.9 Å². The van der Waals surface area contributed by atoms with E-state index >= 15 is 0 Å². The smallest absolute Gasteiger partial charge is 0.242 e. The number of benzene rings is 1. The van der Waals surface area contributed by atoms with Crippen LogP contribution in [-0.4, -0.2) is 51.0 Å². The molecule has 154 valence electrons. The summed E-state index contributed by atoms with van der Waals surface area (Å²) in [6.07, 6.45) is 1.51. The fourth-order valence-electron chi connectivity index (χ4n) is 2.52. The lowest BCUT2D eigenvalue weighted by Crippen LogP contribution is -2.44. The zero-order chi connectivity index (χ0) is 20.8. The van der Waals surface area contributed by atoms with E-state index in [0.29, 0.717) is 23.8 Å². The van der Waals surface area contributed by atoms with Gasteiger partial charge < -0.3 is 20.2 Å². The van der Waals surface area contributed by atoms with E-state index in [9.17, 15) is 13.5 Å². The number of nitrogens with one attached hydrogen (secondary N) is 2. The second-order valence-electron chi connectivity index (χ2n) is 6.70. The molecule has 1 unspecified atom stereocenters. The molecule has 0 amide bonds. The summed E-state index contributed by atoms with van der Waals surface area (Å²) < 4.78 is 31.5. The summed E-state index contributed by atoms with van der Waals surface area (Å²) in [7, 11) is -0.567. The van der Waals surface area contributed by atoms with E-state index in [1.165, 1.54) is 24.7 Å². The first-order valence-electron chi connectivity index (χ1n) is 8.97. The summed E-state index contributed by atoms with van der Waals surface area (Å²) in [5.74, 6) is 0.907. The van der Waals surface area contributed by atoms with Gasteiger partial charge in [-0.1, -0.05) is 18.2 Å². The largest absolute Gasteiger partial charge is 0.466 e. The number of rotatable bonds is 8. The molecule has 0 bridgehead atoms. The monoisotopic (exact) mass is 408 g/mol. The molecular weight excluding hydrogens is 380 g/mol. The molecule has 0 spiro atoms. The van der Waals surface area contributed by atoms with E-state index in [1.807, 2.05) is 6.92 Å². The van der Waals surface area contributed by atoms with Gasteiger partial charge in [0, 0.05) is 20.6 Å². The third-order valence-corrected chi connectivity index (χ3v) is 6.05. The van der Waals surface area contributed by atoms with Crippen LogP contribution in [0.15, 0.2) is 57.0 Å². The molecule has 0 saturated carbocycles. The molecule has 8 nitrogen and oxygen atoms in total. The second kappa shape index (κ2) is 9.22. The SMILES string of the molecule is CCNC(=NCc1ccccc1S(=O)(=O)N(C)C)NCC(C)(O)c1ccco1. The van der Waals surface area contributed by atoms with Crippen LogP contribution in [0.25, 0.3) is 0 Å². The Balaban J connectivity index is 2.18. The summed E-state index contributed by atoms with van der Waals surface area (Å²) in [5, 5.41) is 16.7. The Morgan fingerprint density at radius 1 is 1.21 bits per heavy atom. The van der Waals surface area contributed by atoms with Gasteiger partial charge >= 0.3 is 0 Å². The van der Waals surface area contributed by atoms with Crippen molar-refractivity contribution in [2.75, 3.05) is 27.2 Å². The minimum Gasteiger partial charge on any atom is -0.466 e. The summed E-state index contributed by atoms with van der Waals surface area (Å²) in [4.78, 5) is 4.70. The number of nitrogens with zero attached hydrogens (tertiary/aromatic N) is 2. The highest BCUT2D eigenvalue weighted by molar-refractivity contribution is 7.89. The average Bonchev–Trinajstić information content (AvgIpc) is 3.20. The molecule has 0 radical (unpaired) electrons. The molecule has 1 heterocycles. The van der Waals surface area contributed by atoms with Crippen molar-refractivity contribution in [3.8, 4) is 0 Å². The Bertz CT molecular complexity index is 890. The van der Waals surface area contributed by atoms with Crippen molar-refractivity contribution in [2.24, 2.45) is 4.99 Å². The maximum Gasteiger partial charge on any atom is 0.242 e. The number of aliphatic imine (C=N–C) groups is 1. The van der Waals surface area contributed by atoms with E-state index in [4.69, 9.17) is 4.42 Å². The standard InChI is InChI=1S/C19H28N4O4S/c1-5-20-18(22-14-19(2,24)17-11-8-12-27-17)21-13-15-9-6-7-10-16(15)28(25,26)23(3)4/h6-12,24H,5,13-14H2,1-4H3,(H2,20,21,22). The molecule has 0 fully saturated rings. The van der Waals surface area contributed by atoms with Crippen LogP contribution in [0.4, 0.5) is 0 Å². The molecule has 2 rings (SSSR count). The van der Waals surface area contributed by atoms with Gasteiger partial charge in [0.05, 0.1) is 24.2 Å². The Hall–Kier alpha value is -2.36. The van der Waals surface area contributed by atoms with Crippen molar-refractivity contribution in [3.63, 3.8) is 0 Å². The van der Waals surface area contributed by atoms with Gasteiger partial charge in [-0.15, -0.1) is 0 Å². The predicted molar refractivity (Wildman–Crippen MR) is 108 cm³/mol. The van der Waals surface area contributed by atoms with E-state index < -0.39 is 15.6 Å². The maximum atomic E-state index is 12.5. The van der Waals surface area contributed by atoms with Crippen molar-refractivity contribution >= 4 is 16.0 Å². The topological polar surface area (TPSA) is 107 Å². The third kappa shape index (κ3) is 5.34. The van der Waals surface area contributed by atoms with Gasteiger partial charge in [-0.25, -0.2) is 17.7 Å². The van der Waals surface area contributed by atoms with Gasteiger partial charge in [-0.2, -0.15) is 0 Å². The minimum atomic E-state index is -3.56. The van der Waals surface area contributed by atoms with Gasteiger partial charge in [0.1, 0.15) is 11.4 Å². The highest BCUT2D eigenvalue weighted by atomic mass is 32.2. The third-order valence-electron chi connectivity index (χ3n) is 4.14. The molecule has 9 heteroatoms. The Morgan fingerprint density at radius 2 is 1.93 bits per heavy atom. The van der Waals surface area contributed by atoms with Gasteiger partial charge in [0.2, 0.25) is 10.0 Å². The van der Waals surface area contributed by atoms with E-state index in [2.05, 4.69) is 15.6 Å². The van der Waals surface area contributed by atoms with Crippen LogP contribution in [0.5, 0.6) is 0 Å². The van der Waals surface area contributed by atoms with Crippen LogP contribution in [-0.2, 0) is 22.2 Å². The zero-order valence-corrected chi connectivity index (χ0v) is 17.5. The zero-order valence-electron chi connectivity index (χ0n) is 16.6. The Morgan fingerprint density at radius 3 is 2.54 bits per heavy atom. The fraction of sp³-hybridized carbons (Fsp3) is 0.421. The van der Waals surface area contributed by atoms with E-state index in [-0.39, 0.29) is 18.0 Å². The van der Waals surface area contributed by atoms with Crippen LogP contribution in [0, 0.1) is 0 Å². The molecule has 0 aliphatic heterocycles. The molecular formula is C19H28N4O4S. The molecule has 0 aliphatic carbocycles. The van der Waals surface area contributed by atoms with Gasteiger partial charge in [0.25, 0.3) is 0 Å². The molecule has 0 saturated heterocycles. The number of furan rings is 1. The molecule has 28 heavy (non-hydrogen) atoms. The molecule has 0 aliphatic rings. The number of hydrogen-bond donors (Lipinski definition) is 3. The van der Waals surface area contributed by atoms with Crippen molar-refractivity contribution in [1.82, 2.24) is 14.9 Å². The van der Waals surface area contributed by atoms with Crippen molar-refractivity contribution in [1.29, 1.82) is 0 Å². The highest BCUT2D eigenvalue weighted by Gasteiger charge is 2.26.